The molecule has 0 spiro atoms. The second-order valence-electron chi connectivity index (χ2n) is 4.98. The Balaban J connectivity index is 2.05. The van der Waals surface area contributed by atoms with Crippen LogP contribution in [0.25, 0.3) is 0 Å². The van der Waals surface area contributed by atoms with Crippen molar-refractivity contribution in [2.75, 3.05) is 26.2 Å². The summed E-state index contributed by atoms with van der Waals surface area (Å²) < 4.78 is 27.8. The minimum Gasteiger partial charge on any atom is -0.392 e. The third-order valence-electron chi connectivity index (χ3n) is 3.58. The largest absolute Gasteiger partial charge is 0.392 e. The zero-order chi connectivity index (χ0) is 12.3. The molecule has 1 unspecified atom stereocenters. The summed E-state index contributed by atoms with van der Waals surface area (Å²) >= 11 is 0. The average Bonchev–Trinajstić information content (AvgIpc) is 2.58. The molecular formula is C11H22N2O3S. The first-order valence-corrected chi connectivity index (χ1v) is 7.94. The van der Waals surface area contributed by atoms with E-state index in [9.17, 15) is 13.5 Å². The second kappa shape index (κ2) is 5.65. The molecule has 2 aliphatic heterocycles. The van der Waals surface area contributed by atoms with Crippen molar-refractivity contribution in [2.24, 2.45) is 0 Å². The van der Waals surface area contributed by atoms with Gasteiger partial charge in [0.15, 0.2) is 0 Å². The summed E-state index contributed by atoms with van der Waals surface area (Å²) in [5.41, 5.74) is 0. The summed E-state index contributed by atoms with van der Waals surface area (Å²) in [5, 5.41) is 9.57. The van der Waals surface area contributed by atoms with Crippen molar-refractivity contribution in [1.29, 1.82) is 0 Å². The minimum absolute atomic E-state index is 0.263. The van der Waals surface area contributed by atoms with E-state index in [1.165, 1.54) is 4.31 Å². The summed E-state index contributed by atoms with van der Waals surface area (Å²) in [4.78, 5) is 0. The maximum Gasteiger partial charge on any atom is 0.282 e. The summed E-state index contributed by atoms with van der Waals surface area (Å²) in [6.07, 6.45) is 5.12. The molecule has 6 heteroatoms. The standard InChI is InChI=1S/C11H22N2O3S/c14-11-6-5-9-13(10-11)17(15,16)12-7-3-1-2-4-8-12/h11,14H,1-10H2. The van der Waals surface area contributed by atoms with Crippen LogP contribution in [0.4, 0.5) is 0 Å². The molecule has 0 aromatic heterocycles. The van der Waals surface area contributed by atoms with Crippen LogP contribution in [0, 0.1) is 0 Å². The van der Waals surface area contributed by atoms with E-state index in [2.05, 4.69) is 0 Å². The van der Waals surface area contributed by atoms with Gasteiger partial charge in [0.05, 0.1) is 6.10 Å². The van der Waals surface area contributed by atoms with Gasteiger partial charge in [0.25, 0.3) is 10.2 Å². The third kappa shape index (κ3) is 3.19. The minimum atomic E-state index is -3.33. The summed E-state index contributed by atoms with van der Waals surface area (Å²) in [6.45, 7) is 2.08. The number of nitrogens with zero attached hydrogens (tertiary/aromatic N) is 2. The predicted octanol–water partition coefficient (Wildman–Crippen LogP) is 0.564. The quantitative estimate of drug-likeness (QED) is 0.791. The van der Waals surface area contributed by atoms with E-state index in [1.54, 1.807) is 4.31 Å². The van der Waals surface area contributed by atoms with E-state index < -0.39 is 16.3 Å². The maximum atomic E-state index is 12.4. The number of rotatable bonds is 2. The Bertz CT molecular complexity index is 329. The van der Waals surface area contributed by atoms with Crippen molar-refractivity contribution in [2.45, 2.75) is 44.6 Å². The molecule has 5 nitrogen and oxygen atoms in total. The van der Waals surface area contributed by atoms with Crippen LogP contribution in [0.15, 0.2) is 0 Å². The Kier molecular flexibility index (Phi) is 4.41. The Morgan fingerprint density at radius 1 is 0.882 bits per heavy atom. The van der Waals surface area contributed by atoms with Crippen LogP contribution in [0.2, 0.25) is 0 Å². The zero-order valence-electron chi connectivity index (χ0n) is 10.2. The van der Waals surface area contributed by atoms with Crippen LogP contribution < -0.4 is 0 Å². The van der Waals surface area contributed by atoms with Crippen molar-refractivity contribution >= 4 is 10.2 Å². The van der Waals surface area contributed by atoms with Gasteiger partial charge in [0, 0.05) is 26.2 Å². The molecule has 2 aliphatic rings. The fraction of sp³-hybridized carbons (Fsp3) is 1.00. The first-order valence-electron chi connectivity index (χ1n) is 6.54. The number of hydrogen-bond acceptors (Lipinski definition) is 3. The van der Waals surface area contributed by atoms with Crippen LogP contribution in [-0.4, -0.2) is 54.4 Å². The molecule has 1 N–H and O–H groups in total. The molecule has 0 aliphatic carbocycles. The van der Waals surface area contributed by atoms with E-state index >= 15 is 0 Å². The Morgan fingerprint density at radius 3 is 2.06 bits per heavy atom. The van der Waals surface area contributed by atoms with Crippen LogP contribution >= 0.6 is 0 Å². The Labute approximate surface area is 104 Å². The highest BCUT2D eigenvalue weighted by Gasteiger charge is 2.33. The summed E-state index contributed by atoms with van der Waals surface area (Å²) in [5.74, 6) is 0. The summed E-state index contributed by atoms with van der Waals surface area (Å²) in [6, 6.07) is 0. The highest BCUT2D eigenvalue weighted by atomic mass is 32.2. The maximum absolute atomic E-state index is 12.4. The molecule has 0 saturated carbocycles. The van der Waals surface area contributed by atoms with Gasteiger partial charge < -0.3 is 5.11 Å². The van der Waals surface area contributed by atoms with Crippen LogP contribution in [-0.2, 0) is 10.2 Å². The van der Waals surface area contributed by atoms with Gasteiger partial charge >= 0.3 is 0 Å². The van der Waals surface area contributed by atoms with E-state index in [0.717, 1.165) is 32.1 Å². The second-order valence-corrected chi connectivity index (χ2v) is 6.90. The van der Waals surface area contributed by atoms with Crippen molar-refractivity contribution in [3.8, 4) is 0 Å². The molecule has 17 heavy (non-hydrogen) atoms. The van der Waals surface area contributed by atoms with Crippen LogP contribution in [0.3, 0.4) is 0 Å². The fourth-order valence-corrected chi connectivity index (χ4v) is 4.33. The van der Waals surface area contributed by atoms with E-state index in [0.29, 0.717) is 26.1 Å². The Hall–Kier alpha value is -0.170. The SMILES string of the molecule is O=S(=O)(N1CCCCCC1)N1CCCC(O)C1. The molecular weight excluding hydrogens is 240 g/mol. The molecule has 2 fully saturated rings. The number of piperidine rings is 1. The molecule has 100 valence electrons. The van der Waals surface area contributed by atoms with Crippen molar-refractivity contribution in [3.05, 3.63) is 0 Å². The highest BCUT2D eigenvalue weighted by Crippen LogP contribution is 2.20. The van der Waals surface area contributed by atoms with Gasteiger partial charge in [-0.1, -0.05) is 12.8 Å². The molecule has 2 saturated heterocycles. The van der Waals surface area contributed by atoms with Crippen LogP contribution in [0.5, 0.6) is 0 Å². The Morgan fingerprint density at radius 2 is 1.47 bits per heavy atom. The zero-order valence-corrected chi connectivity index (χ0v) is 11.0. The van der Waals surface area contributed by atoms with E-state index in [4.69, 9.17) is 0 Å². The first kappa shape index (κ1) is 13.3. The molecule has 0 aromatic carbocycles. The molecule has 2 heterocycles. The van der Waals surface area contributed by atoms with Gasteiger partial charge in [-0.15, -0.1) is 0 Å². The van der Waals surface area contributed by atoms with Gasteiger partial charge in [-0.05, 0) is 25.7 Å². The van der Waals surface area contributed by atoms with Gasteiger partial charge in [-0.3, -0.25) is 0 Å². The lowest BCUT2D eigenvalue weighted by molar-refractivity contribution is 0.104. The van der Waals surface area contributed by atoms with E-state index in [1.807, 2.05) is 0 Å². The average molecular weight is 262 g/mol. The lowest BCUT2D eigenvalue weighted by Crippen LogP contribution is -2.49. The molecule has 2 rings (SSSR count). The van der Waals surface area contributed by atoms with Gasteiger partial charge in [0.2, 0.25) is 0 Å². The molecule has 1 atom stereocenters. The lowest BCUT2D eigenvalue weighted by Gasteiger charge is -2.33. The third-order valence-corrected chi connectivity index (χ3v) is 5.58. The number of β-amino-alcohol motifs (C(OH)–C–C–N with tert-alkyl or cyclic N) is 1. The first-order chi connectivity index (χ1) is 8.10. The number of hydrogen-bond donors (Lipinski definition) is 1. The smallest absolute Gasteiger partial charge is 0.282 e. The highest BCUT2D eigenvalue weighted by molar-refractivity contribution is 7.86. The lowest BCUT2D eigenvalue weighted by atomic mass is 10.1. The number of aliphatic hydroxyl groups excluding tert-OH is 1. The van der Waals surface area contributed by atoms with Gasteiger partial charge in [-0.2, -0.15) is 17.0 Å². The topological polar surface area (TPSA) is 60.9 Å². The van der Waals surface area contributed by atoms with Crippen molar-refractivity contribution < 1.29 is 13.5 Å². The van der Waals surface area contributed by atoms with Crippen molar-refractivity contribution in [3.63, 3.8) is 0 Å². The normalized spacial score (nSPS) is 30.1. The molecule has 0 bridgehead atoms. The molecule has 0 aromatic rings. The van der Waals surface area contributed by atoms with Gasteiger partial charge in [-0.25, -0.2) is 0 Å². The number of aliphatic hydroxyl groups is 1. The predicted molar refractivity (Wildman–Crippen MR) is 65.8 cm³/mol. The molecule has 0 amide bonds. The van der Waals surface area contributed by atoms with Gasteiger partial charge in [0.1, 0.15) is 0 Å². The van der Waals surface area contributed by atoms with E-state index in [-0.39, 0.29) is 6.54 Å². The molecule has 0 radical (unpaired) electrons. The van der Waals surface area contributed by atoms with Crippen LogP contribution in [0.1, 0.15) is 38.5 Å². The fourth-order valence-electron chi connectivity index (χ4n) is 2.57. The monoisotopic (exact) mass is 262 g/mol. The summed E-state index contributed by atoms with van der Waals surface area (Å²) in [7, 11) is -3.33. The van der Waals surface area contributed by atoms with Crippen molar-refractivity contribution in [1.82, 2.24) is 8.61 Å².